The number of para-hydroxylation sites is 2. The zero-order chi connectivity index (χ0) is 20.6. The minimum atomic E-state index is -1.20. The van der Waals surface area contributed by atoms with Gasteiger partial charge in [-0.2, -0.15) is 0 Å². The van der Waals surface area contributed by atoms with Crippen LogP contribution in [-0.2, 0) is 14.3 Å². The van der Waals surface area contributed by atoms with E-state index in [0.29, 0.717) is 11.4 Å². The lowest BCUT2D eigenvalue weighted by Crippen LogP contribution is -2.60. The van der Waals surface area contributed by atoms with Gasteiger partial charge in [0.2, 0.25) is 5.91 Å². The van der Waals surface area contributed by atoms with Gasteiger partial charge in [-0.15, -0.1) is 0 Å². The number of nitrogens with two attached hydrogens (primary N) is 1. The van der Waals surface area contributed by atoms with Gasteiger partial charge in [-0.05, 0) is 51.1 Å². The van der Waals surface area contributed by atoms with Crippen LogP contribution in [0, 0.1) is 5.82 Å². The molecule has 0 aromatic heterocycles. The molecule has 0 aliphatic carbocycles. The predicted octanol–water partition coefficient (Wildman–Crippen LogP) is 2.72. The third-order valence-corrected chi connectivity index (χ3v) is 4.59. The minimum Gasteiger partial charge on any atom is -0.449 e. The number of halogens is 1. The molecule has 2 aromatic rings. The van der Waals surface area contributed by atoms with Crippen molar-refractivity contribution < 1.29 is 23.5 Å². The summed E-state index contributed by atoms with van der Waals surface area (Å²) in [4.78, 5) is 39.3. The fourth-order valence-corrected chi connectivity index (χ4v) is 3.02. The van der Waals surface area contributed by atoms with Crippen LogP contribution in [-0.4, -0.2) is 29.4 Å². The lowest BCUT2D eigenvalue weighted by Gasteiger charge is -2.42. The average Bonchev–Trinajstić information content (AvgIpc) is 2.62. The standard InChI is InChI=1S/C20H20FN3O4/c1-11(28-18(26)13-9-8-12(21)10-14(13)22)17(25)24-16-7-5-4-6-15(16)23-19(27)20(24,2)3/h4-11H,22H2,1-3H3,(H,23,27)/t11-/m0/s1. The third kappa shape index (κ3) is 3.28. The number of nitrogens with one attached hydrogen (secondary N) is 1. The van der Waals surface area contributed by atoms with E-state index in [0.717, 1.165) is 12.1 Å². The smallest absolute Gasteiger partial charge is 0.341 e. The molecule has 3 rings (SSSR count). The summed E-state index contributed by atoms with van der Waals surface area (Å²) in [5, 5.41) is 2.76. The number of benzene rings is 2. The summed E-state index contributed by atoms with van der Waals surface area (Å²) < 4.78 is 18.4. The van der Waals surface area contributed by atoms with Crippen molar-refractivity contribution in [3.8, 4) is 0 Å². The molecule has 1 aliphatic heterocycles. The number of rotatable bonds is 3. The van der Waals surface area contributed by atoms with Gasteiger partial charge in [0.15, 0.2) is 6.10 Å². The van der Waals surface area contributed by atoms with Crippen LogP contribution in [0.4, 0.5) is 21.5 Å². The molecular weight excluding hydrogens is 365 g/mol. The molecule has 146 valence electrons. The van der Waals surface area contributed by atoms with Crippen molar-refractivity contribution >= 4 is 34.8 Å². The second-order valence-corrected chi connectivity index (χ2v) is 6.98. The van der Waals surface area contributed by atoms with Crippen LogP contribution in [0.2, 0.25) is 0 Å². The van der Waals surface area contributed by atoms with E-state index in [4.69, 9.17) is 10.5 Å². The van der Waals surface area contributed by atoms with E-state index in [2.05, 4.69) is 5.32 Å². The number of anilines is 3. The van der Waals surface area contributed by atoms with E-state index < -0.39 is 29.3 Å². The molecule has 0 saturated carbocycles. The van der Waals surface area contributed by atoms with E-state index in [1.807, 2.05) is 0 Å². The van der Waals surface area contributed by atoms with Gasteiger partial charge in [0.25, 0.3) is 5.91 Å². The van der Waals surface area contributed by atoms with E-state index in [9.17, 15) is 18.8 Å². The summed E-state index contributed by atoms with van der Waals surface area (Å²) in [7, 11) is 0. The van der Waals surface area contributed by atoms with Gasteiger partial charge in [-0.3, -0.25) is 14.5 Å². The Kier molecular flexibility index (Phi) is 4.80. The Bertz CT molecular complexity index is 974. The maximum atomic E-state index is 13.2. The highest BCUT2D eigenvalue weighted by molar-refractivity contribution is 6.15. The molecule has 7 nitrogen and oxygen atoms in total. The predicted molar refractivity (Wildman–Crippen MR) is 102 cm³/mol. The Labute approximate surface area is 161 Å². The van der Waals surface area contributed by atoms with Gasteiger partial charge in [0.05, 0.1) is 16.9 Å². The molecule has 8 heteroatoms. The summed E-state index contributed by atoms with van der Waals surface area (Å²) in [6, 6.07) is 10.1. The van der Waals surface area contributed by atoms with Gasteiger partial charge in [0.1, 0.15) is 11.4 Å². The Balaban J connectivity index is 1.88. The number of amides is 2. The second-order valence-electron chi connectivity index (χ2n) is 6.98. The van der Waals surface area contributed by atoms with Gasteiger partial charge < -0.3 is 15.8 Å². The Morgan fingerprint density at radius 1 is 1.21 bits per heavy atom. The minimum absolute atomic E-state index is 0.0444. The van der Waals surface area contributed by atoms with Gasteiger partial charge in [0, 0.05) is 5.69 Å². The molecule has 0 bridgehead atoms. The van der Waals surface area contributed by atoms with Crippen LogP contribution < -0.4 is 16.0 Å². The molecule has 1 heterocycles. The molecule has 2 aromatic carbocycles. The van der Waals surface area contributed by atoms with Crippen molar-refractivity contribution in [3.05, 3.63) is 53.8 Å². The number of esters is 1. The van der Waals surface area contributed by atoms with Crippen molar-refractivity contribution in [1.29, 1.82) is 0 Å². The molecule has 0 fully saturated rings. The molecule has 0 saturated heterocycles. The van der Waals surface area contributed by atoms with Crippen molar-refractivity contribution in [2.75, 3.05) is 16.0 Å². The first-order valence-electron chi connectivity index (χ1n) is 8.63. The normalized spacial score (nSPS) is 16.0. The Morgan fingerprint density at radius 3 is 2.57 bits per heavy atom. The SMILES string of the molecule is C[C@H](OC(=O)c1ccc(F)cc1N)C(=O)N1c2ccccc2NC(=O)C1(C)C. The number of nitrogen functional groups attached to an aromatic ring is 1. The van der Waals surface area contributed by atoms with Crippen molar-refractivity contribution in [3.63, 3.8) is 0 Å². The first-order chi connectivity index (χ1) is 13.1. The molecule has 3 N–H and O–H groups in total. The lowest BCUT2D eigenvalue weighted by molar-refractivity contribution is -0.131. The summed E-state index contributed by atoms with van der Waals surface area (Å²) in [5.41, 5.74) is 5.31. The number of carbonyl (C=O) groups is 3. The van der Waals surface area contributed by atoms with Crippen molar-refractivity contribution in [1.82, 2.24) is 0 Å². The average molecular weight is 385 g/mol. The van der Waals surface area contributed by atoms with Crippen LogP contribution in [0.3, 0.4) is 0 Å². The summed E-state index contributed by atoms with van der Waals surface area (Å²) in [6.07, 6.45) is -1.20. The van der Waals surface area contributed by atoms with E-state index in [1.165, 1.54) is 17.9 Å². The molecule has 1 atom stereocenters. The van der Waals surface area contributed by atoms with Gasteiger partial charge in [-0.25, -0.2) is 9.18 Å². The summed E-state index contributed by atoms with van der Waals surface area (Å²) in [6.45, 7) is 4.61. The zero-order valence-corrected chi connectivity index (χ0v) is 15.7. The van der Waals surface area contributed by atoms with Crippen LogP contribution >= 0.6 is 0 Å². The largest absolute Gasteiger partial charge is 0.449 e. The fraction of sp³-hybridized carbons (Fsp3) is 0.250. The molecule has 1 aliphatic rings. The highest BCUT2D eigenvalue weighted by atomic mass is 19.1. The van der Waals surface area contributed by atoms with E-state index in [1.54, 1.807) is 38.1 Å². The van der Waals surface area contributed by atoms with Gasteiger partial charge in [-0.1, -0.05) is 12.1 Å². The van der Waals surface area contributed by atoms with E-state index >= 15 is 0 Å². The van der Waals surface area contributed by atoms with Crippen LogP contribution in [0.1, 0.15) is 31.1 Å². The second kappa shape index (κ2) is 6.95. The van der Waals surface area contributed by atoms with Crippen LogP contribution in [0.25, 0.3) is 0 Å². The number of hydrogen-bond acceptors (Lipinski definition) is 5. The van der Waals surface area contributed by atoms with Gasteiger partial charge >= 0.3 is 5.97 Å². The quantitative estimate of drug-likeness (QED) is 0.625. The summed E-state index contributed by atoms with van der Waals surface area (Å²) >= 11 is 0. The van der Waals surface area contributed by atoms with Crippen LogP contribution in [0.5, 0.6) is 0 Å². The van der Waals surface area contributed by atoms with Crippen molar-refractivity contribution in [2.24, 2.45) is 0 Å². The van der Waals surface area contributed by atoms with E-state index in [-0.39, 0.29) is 17.2 Å². The Morgan fingerprint density at radius 2 is 1.89 bits per heavy atom. The van der Waals surface area contributed by atoms with Crippen molar-refractivity contribution in [2.45, 2.75) is 32.4 Å². The summed E-state index contributed by atoms with van der Waals surface area (Å²) in [5.74, 6) is -2.37. The first-order valence-corrected chi connectivity index (χ1v) is 8.63. The third-order valence-electron chi connectivity index (χ3n) is 4.59. The number of ether oxygens (including phenoxy) is 1. The molecular formula is C20H20FN3O4. The number of nitrogens with zero attached hydrogens (tertiary/aromatic N) is 1. The topological polar surface area (TPSA) is 102 Å². The number of hydrogen-bond donors (Lipinski definition) is 2. The zero-order valence-electron chi connectivity index (χ0n) is 15.7. The highest BCUT2D eigenvalue weighted by Crippen LogP contribution is 2.37. The first kappa shape index (κ1) is 19.3. The lowest BCUT2D eigenvalue weighted by atomic mass is 9.95. The molecule has 0 spiro atoms. The molecule has 28 heavy (non-hydrogen) atoms. The fourth-order valence-electron chi connectivity index (χ4n) is 3.02. The Hall–Kier alpha value is -3.42. The highest BCUT2D eigenvalue weighted by Gasteiger charge is 2.45. The number of carbonyl (C=O) groups excluding carboxylic acids is 3. The monoisotopic (exact) mass is 385 g/mol. The molecule has 2 amide bonds. The number of fused-ring (bicyclic) bond motifs is 1. The maximum Gasteiger partial charge on any atom is 0.341 e. The maximum absolute atomic E-state index is 13.2. The van der Waals surface area contributed by atoms with Crippen LogP contribution in [0.15, 0.2) is 42.5 Å². The molecule has 0 unspecified atom stereocenters. The molecule has 0 radical (unpaired) electrons.